The van der Waals surface area contributed by atoms with E-state index in [4.69, 9.17) is 0 Å². The van der Waals surface area contributed by atoms with Crippen molar-refractivity contribution in [1.82, 2.24) is 9.88 Å². The van der Waals surface area contributed by atoms with Gasteiger partial charge in [-0.25, -0.2) is 0 Å². The first kappa shape index (κ1) is 14.7. The Kier molecular flexibility index (Phi) is 5.27. The Bertz CT molecular complexity index is 451. The summed E-state index contributed by atoms with van der Waals surface area (Å²) in [5, 5.41) is 0. The van der Waals surface area contributed by atoms with Crippen LogP contribution in [0.5, 0.6) is 0 Å². The highest BCUT2D eigenvalue weighted by Crippen LogP contribution is 2.22. The molecule has 0 radical (unpaired) electrons. The van der Waals surface area contributed by atoms with Gasteiger partial charge in [0.05, 0.1) is 0 Å². The maximum absolute atomic E-state index is 11.9. The van der Waals surface area contributed by atoms with Crippen LogP contribution in [0.25, 0.3) is 0 Å². The van der Waals surface area contributed by atoms with E-state index in [2.05, 4.69) is 4.98 Å². The SMILES string of the molecule is CC(=O)N1CCC(CCC(=O)Cc2ccccn2)CC1. The number of pyridine rings is 1. The second-order valence-corrected chi connectivity index (χ2v) is 5.52. The zero-order valence-corrected chi connectivity index (χ0v) is 12.0. The van der Waals surface area contributed by atoms with Crippen molar-refractivity contribution in [3.8, 4) is 0 Å². The molecule has 0 unspecified atom stereocenters. The van der Waals surface area contributed by atoms with E-state index in [1.54, 1.807) is 13.1 Å². The van der Waals surface area contributed by atoms with E-state index in [1.807, 2.05) is 23.1 Å². The number of nitrogens with zero attached hydrogens (tertiary/aromatic N) is 2. The molecule has 1 aliphatic heterocycles. The van der Waals surface area contributed by atoms with E-state index in [9.17, 15) is 9.59 Å². The second kappa shape index (κ2) is 7.17. The maximum atomic E-state index is 11.9. The zero-order chi connectivity index (χ0) is 14.4. The van der Waals surface area contributed by atoms with Crippen molar-refractivity contribution in [3.63, 3.8) is 0 Å². The molecule has 1 aromatic rings. The van der Waals surface area contributed by atoms with Gasteiger partial charge in [-0.1, -0.05) is 6.07 Å². The lowest BCUT2D eigenvalue weighted by molar-refractivity contribution is -0.130. The standard InChI is InChI=1S/C16H22N2O2/c1-13(19)18-10-7-14(8-11-18)5-6-16(20)12-15-4-2-3-9-17-15/h2-4,9,14H,5-8,10-12H2,1H3. The molecule has 0 aromatic carbocycles. The summed E-state index contributed by atoms with van der Waals surface area (Å²) in [5.74, 6) is 1.01. The minimum absolute atomic E-state index is 0.162. The molecular formula is C16H22N2O2. The van der Waals surface area contributed by atoms with Crippen LogP contribution in [0.3, 0.4) is 0 Å². The molecule has 1 aromatic heterocycles. The lowest BCUT2D eigenvalue weighted by Gasteiger charge is -2.31. The highest BCUT2D eigenvalue weighted by molar-refractivity contribution is 5.80. The molecule has 0 spiro atoms. The Balaban J connectivity index is 1.68. The van der Waals surface area contributed by atoms with Crippen molar-refractivity contribution in [3.05, 3.63) is 30.1 Å². The van der Waals surface area contributed by atoms with E-state index in [1.165, 1.54) is 0 Å². The topological polar surface area (TPSA) is 50.3 Å². The fourth-order valence-corrected chi connectivity index (χ4v) is 2.69. The number of carbonyl (C=O) groups excluding carboxylic acids is 2. The molecule has 1 amide bonds. The largest absolute Gasteiger partial charge is 0.343 e. The quantitative estimate of drug-likeness (QED) is 0.827. The molecule has 20 heavy (non-hydrogen) atoms. The Hall–Kier alpha value is -1.71. The summed E-state index contributed by atoms with van der Waals surface area (Å²) in [5.41, 5.74) is 0.851. The first-order valence-corrected chi connectivity index (χ1v) is 7.32. The van der Waals surface area contributed by atoms with Gasteiger partial charge in [-0.2, -0.15) is 0 Å². The summed E-state index contributed by atoms with van der Waals surface area (Å²) < 4.78 is 0. The molecule has 4 heteroatoms. The van der Waals surface area contributed by atoms with Crippen molar-refractivity contribution in [2.75, 3.05) is 13.1 Å². The van der Waals surface area contributed by atoms with Gasteiger partial charge in [0.2, 0.25) is 5.91 Å². The van der Waals surface area contributed by atoms with Crippen LogP contribution in [0.1, 0.15) is 38.3 Å². The number of aromatic nitrogens is 1. The Morgan fingerprint density at radius 3 is 2.65 bits per heavy atom. The minimum Gasteiger partial charge on any atom is -0.343 e. The van der Waals surface area contributed by atoms with Crippen molar-refractivity contribution < 1.29 is 9.59 Å². The number of piperidine rings is 1. The van der Waals surface area contributed by atoms with E-state index in [0.717, 1.165) is 38.0 Å². The van der Waals surface area contributed by atoms with Gasteiger partial charge in [-0.15, -0.1) is 0 Å². The molecule has 108 valence electrons. The van der Waals surface area contributed by atoms with Crippen LogP contribution in [-0.4, -0.2) is 34.7 Å². The summed E-state index contributed by atoms with van der Waals surface area (Å²) in [4.78, 5) is 29.2. The van der Waals surface area contributed by atoms with Crippen molar-refractivity contribution in [1.29, 1.82) is 0 Å². The molecule has 0 saturated carbocycles. The number of rotatable bonds is 5. The van der Waals surface area contributed by atoms with Gasteiger partial charge in [0, 0.05) is 44.7 Å². The van der Waals surface area contributed by atoms with Gasteiger partial charge in [0.15, 0.2) is 0 Å². The van der Waals surface area contributed by atoms with Crippen LogP contribution in [0.15, 0.2) is 24.4 Å². The average Bonchev–Trinajstić information content (AvgIpc) is 2.46. The molecule has 0 N–H and O–H groups in total. The highest BCUT2D eigenvalue weighted by Gasteiger charge is 2.21. The molecule has 1 fully saturated rings. The third-order valence-electron chi connectivity index (χ3n) is 4.00. The smallest absolute Gasteiger partial charge is 0.219 e. The van der Waals surface area contributed by atoms with Crippen molar-refractivity contribution in [2.45, 2.75) is 39.0 Å². The van der Waals surface area contributed by atoms with Gasteiger partial charge in [-0.05, 0) is 37.3 Å². The first-order valence-electron chi connectivity index (χ1n) is 7.32. The fourth-order valence-electron chi connectivity index (χ4n) is 2.69. The molecular weight excluding hydrogens is 252 g/mol. The fraction of sp³-hybridized carbons (Fsp3) is 0.562. The third kappa shape index (κ3) is 4.44. The van der Waals surface area contributed by atoms with Crippen molar-refractivity contribution >= 4 is 11.7 Å². The van der Waals surface area contributed by atoms with Crippen LogP contribution in [0.4, 0.5) is 0 Å². The molecule has 0 bridgehead atoms. The van der Waals surface area contributed by atoms with Gasteiger partial charge >= 0.3 is 0 Å². The van der Waals surface area contributed by atoms with Gasteiger partial charge in [0.1, 0.15) is 5.78 Å². The van der Waals surface area contributed by atoms with E-state index >= 15 is 0 Å². The molecule has 2 heterocycles. The number of ketones is 1. The van der Waals surface area contributed by atoms with Crippen LogP contribution in [0, 0.1) is 5.92 Å². The third-order valence-corrected chi connectivity index (χ3v) is 4.00. The summed E-state index contributed by atoms with van der Waals surface area (Å²) in [6.45, 7) is 3.31. The Labute approximate surface area is 120 Å². The van der Waals surface area contributed by atoms with E-state index in [-0.39, 0.29) is 11.7 Å². The lowest BCUT2D eigenvalue weighted by atomic mass is 9.91. The normalized spacial score (nSPS) is 16.1. The summed E-state index contributed by atoms with van der Waals surface area (Å²) in [6.07, 6.45) is 5.78. The molecule has 0 atom stereocenters. The number of carbonyl (C=O) groups is 2. The molecule has 1 saturated heterocycles. The minimum atomic E-state index is 0.162. The number of hydrogen-bond acceptors (Lipinski definition) is 3. The van der Waals surface area contributed by atoms with Crippen LogP contribution >= 0.6 is 0 Å². The van der Waals surface area contributed by atoms with Gasteiger partial charge in [0.25, 0.3) is 0 Å². The number of likely N-dealkylation sites (tertiary alicyclic amines) is 1. The predicted molar refractivity (Wildman–Crippen MR) is 77.2 cm³/mol. The van der Waals surface area contributed by atoms with Gasteiger partial charge < -0.3 is 4.90 Å². The van der Waals surface area contributed by atoms with Crippen LogP contribution in [-0.2, 0) is 16.0 Å². The number of Topliss-reactive ketones (excluding diaryl/α,β-unsaturated/α-hetero) is 1. The Morgan fingerprint density at radius 2 is 2.05 bits per heavy atom. The molecule has 1 aliphatic rings. The monoisotopic (exact) mass is 274 g/mol. The van der Waals surface area contributed by atoms with Crippen LogP contribution in [0.2, 0.25) is 0 Å². The summed E-state index contributed by atoms with van der Waals surface area (Å²) in [6, 6.07) is 5.66. The maximum Gasteiger partial charge on any atom is 0.219 e. The summed E-state index contributed by atoms with van der Waals surface area (Å²) in [7, 11) is 0. The lowest BCUT2D eigenvalue weighted by Crippen LogP contribution is -2.37. The average molecular weight is 274 g/mol. The van der Waals surface area contributed by atoms with E-state index < -0.39 is 0 Å². The van der Waals surface area contributed by atoms with Crippen LogP contribution < -0.4 is 0 Å². The highest BCUT2D eigenvalue weighted by atomic mass is 16.2. The summed E-state index contributed by atoms with van der Waals surface area (Å²) >= 11 is 0. The van der Waals surface area contributed by atoms with Gasteiger partial charge in [-0.3, -0.25) is 14.6 Å². The predicted octanol–water partition coefficient (Wildman–Crippen LogP) is 2.23. The Morgan fingerprint density at radius 1 is 1.30 bits per heavy atom. The first-order chi connectivity index (χ1) is 9.65. The molecule has 2 rings (SSSR count). The molecule has 4 nitrogen and oxygen atoms in total. The van der Waals surface area contributed by atoms with Crippen molar-refractivity contribution in [2.24, 2.45) is 5.92 Å². The number of hydrogen-bond donors (Lipinski definition) is 0. The number of amides is 1. The van der Waals surface area contributed by atoms with E-state index in [0.29, 0.717) is 18.8 Å². The second-order valence-electron chi connectivity index (χ2n) is 5.52. The zero-order valence-electron chi connectivity index (χ0n) is 12.0. The molecule has 0 aliphatic carbocycles.